The molecule has 0 saturated heterocycles. The van der Waals surface area contributed by atoms with Crippen LogP contribution in [-0.2, 0) is 0 Å². The van der Waals surface area contributed by atoms with Crippen molar-refractivity contribution in [2.45, 2.75) is 32.1 Å². The molecule has 2 heteroatoms. The Morgan fingerprint density at radius 2 is 1.90 bits per heavy atom. The molecule has 0 spiro atoms. The smallest absolute Gasteiger partial charge is 0.0669 e. The van der Waals surface area contributed by atoms with Crippen LogP contribution >= 0.6 is 0 Å². The topological polar surface area (TPSA) is 47.6 Å². The molecule has 0 saturated carbocycles. The van der Waals surface area contributed by atoms with Crippen molar-refractivity contribution in [3.05, 3.63) is 6.42 Å². The highest BCUT2D eigenvalue weighted by atomic mass is 14.2. The SMILES string of the molecule is N#C[CH]CCCCCC#N. The molecule has 1 radical (unpaired) electrons. The molecule has 10 heavy (non-hydrogen) atoms. The lowest BCUT2D eigenvalue weighted by Crippen LogP contribution is -1.76. The summed E-state index contributed by atoms with van der Waals surface area (Å²) in [6, 6.07) is 4.05. The highest BCUT2D eigenvalue weighted by Gasteiger charge is 1.88. The number of nitriles is 2. The number of hydrogen-bond donors (Lipinski definition) is 0. The van der Waals surface area contributed by atoms with Crippen LogP contribution < -0.4 is 0 Å². The zero-order chi connectivity index (χ0) is 7.66. The highest BCUT2D eigenvalue weighted by Crippen LogP contribution is 2.02. The summed E-state index contributed by atoms with van der Waals surface area (Å²) in [5, 5.41) is 16.3. The number of nitrogens with zero attached hydrogens (tertiary/aromatic N) is 2. The molecule has 0 bridgehead atoms. The van der Waals surface area contributed by atoms with Gasteiger partial charge >= 0.3 is 0 Å². The molecule has 0 aliphatic rings. The second-order valence-electron chi connectivity index (χ2n) is 2.09. The Hall–Kier alpha value is -1.02. The second kappa shape index (κ2) is 7.98. The van der Waals surface area contributed by atoms with E-state index in [0.29, 0.717) is 6.42 Å². The fourth-order valence-electron chi connectivity index (χ4n) is 0.692. The van der Waals surface area contributed by atoms with Crippen molar-refractivity contribution in [3.8, 4) is 12.1 Å². The van der Waals surface area contributed by atoms with Gasteiger partial charge in [0.2, 0.25) is 0 Å². The molecule has 0 rings (SSSR count). The first-order valence-electron chi connectivity index (χ1n) is 3.50. The van der Waals surface area contributed by atoms with Crippen LogP contribution in [0.1, 0.15) is 32.1 Å². The maximum absolute atomic E-state index is 8.16. The lowest BCUT2D eigenvalue weighted by atomic mass is 10.1. The summed E-state index contributed by atoms with van der Waals surface area (Å²) in [4.78, 5) is 0. The molecule has 0 aliphatic heterocycles. The van der Waals surface area contributed by atoms with Gasteiger partial charge in [0.15, 0.2) is 0 Å². The zero-order valence-electron chi connectivity index (χ0n) is 6.01. The van der Waals surface area contributed by atoms with Crippen molar-refractivity contribution in [1.29, 1.82) is 10.5 Å². The van der Waals surface area contributed by atoms with E-state index < -0.39 is 0 Å². The maximum Gasteiger partial charge on any atom is 0.0669 e. The minimum absolute atomic E-state index is 0.645. The molecule has 0 fully saturated rings. The van der Waals surface area contributed by atoms with Crippen LogP contribution in [0.25, 0.3) is 0 Å². The van der Waals surface area contributed by atoms with E-state index in [1.165, 1.54) is 0 Å². The molecule has 0 unspecified atom stereocenters. The molecule has 53 valence electrons. The Labute approximate surface area is 62.1 Å². The first-order valence-corrected chi connectivity index (χ1v) is 3.50. The molecule has 0 aromatic carbocycles. The predicted octanol–water partition coefficient (Wildman–Crippen LogP) is 2.19. The van der Waals surface area contributed by atoms with Crippen LogP contribution in [0, 0.1) is 29.1 Å². The Morgan fingerprint density at radius 3 is 2.50 bits per heavy atom. The van der Waals surface area contributed by atoms with Crippen LogP contribution in [0.3, 0.4) is 0 Å². The monoisotopic (exact) mass is 135 g/mol. The van der Waals surface area contributed by atoms with E-state index in [9.17, 15) is 0 Å². The molecular weight excluding hydrogens is 124 g/mol. The van der Waals surface area contributed by atoms with Crippen LogP contribution in [-0.4, -0.2) is 0 Å². The van der Waals surface area contributed by atoms with Gasteiger partial charge in [-0.15, -0.1) is 0 Å². The fourth-order valence-corrected chi connectivity index (χ4v) is 0.692. The van der Waals surface area contributed by atoms with Crippen molar-refractivity contribution in [2.75, 3.05) is 0 Å². The van der Waals surface area contributed by atoms with E-state index in [-0.39, 0.29) is 0 Å². The average Bonchev–Trinajstić information content (AvgIpc) is 1.97. The van der Waals surface area contributed by atoms with Gasteiger partial charge in [-0.25, -0.2) is 0 Å². The summed E-state index contributed by atoms with van der Waals surface area (Å²) >= 11 is 0. The number of unbranched alkanes of at least 4 members (excludes halogenated alkanes) is 5. The minimum atomic E-state index is 0.645. The average molecular weight is 135 g/mol. The minimum Gasteiger partial charge on any atom is -0.198 e. The number of rotatable bonds is 5. The van der Waals surface area contributed by atoms with Crippen molar-refractivity contribution in [1.82, 2.24) is 0 Å². The largest absolute Gasteiger partial charge is 0.198 e. The van der Waals surface area contributed by atoms with Gasteiger partial charge in [0, 0.05) is 6.42 Å². The lowest BCUT2D eigenvalue weighted by Gasteiger charge is -1.91. The highest BCUT2D eigenvalue weighted by molar-refractivity contribution is 4.90. The molecule has 0 N–H and O–H groups in total. The van der Waals surface area contributed by atoms with Crippen molar-refractivity contribution in [2.24, 2.45) is 0 Å². The molecule has 2 nitrogen and oxygen atoms in total. The summed E-state index contributed by atoms with van der Waals surface area (Å²) in [5.41, 5.74) is 0. The Morgan fingerprint density at radius 1 is 1.10 bits per heavy atom. The number of hydrogen-bond acceptors (Lipinski definition) is 2. The first-order chi connectivity index (χ1) is 4.91. The van der Waals surface area contributed by atoms with Gasteiger partial charge in [-0.1, -0.05) is 12.8 Å². The molecule has 0 aliphatic carbocycles. The van der Waals surface area contributed by atoms with Gasteiger partial charge in [0.05, 0.1) is 18.6 Å². The van der Waals surface area contributed by atoms with Gasteiger partial charge < -0.3 is 0 Å². The lowest BCUT2D eigenvalue weighted by molar-refractivity contribution is 0.691. The molecule has 0 aromatic rings. The third-order valence-corrected chi connectivity index (χ3v) is 1.23. The van der Waals surface area contributed by atoms with Crippen molar-refractivity contribution < 1.29 is 0 Å². The second-order valence-corrected chi connectivity index (χ2v) is 2.09. The van der Waals surface area contributed by atoms with E-state index in [4.69, 9.17) is 10.5 Å². The standard InChI is InChI=1S/C8H11N2/c9-7-5-3-1-2-4-6-8-10/h5H,1-4,6H2. The van der Waals surface area contributed by atoms with E-state index in [0.717, 1.165) is 25.7 Å². The van der Waals surface area contributed by atoms with E-state index >= 15 is 0 Å². The summed E-state index contributed by atoms with van der Waals surface area (Å²) in [6.07, 6.45) is 6.18. The zero-order valence-corrected chi connectivity index (χ0v) is 6.01. The van der Waals surface area contributed by atoms with Crippen molar-refractivity contribution >= 4 is 0 Å². The third kappa shape index (κ3) is 6.98. The van der Waals surface area contributed by atoms with Gasteiger partial charge in [0.25, 0.3) is 0 Å². The van der Waals surface area contributed by atoms with Crippen LogP contribution in [0.15, 0.2) is 0 Å². The summed E-state index contributed by atoms with van der Waals surface area (Å²) in [7, 11) is 0. The third-order valence-electron chi connectivity index (χ3n) is 1.23. The normalized spacial score (nSPS) is 8.20. The predicted molar refractivity (Wildman–Crippen MR) is 38.6 cm³/mol. The Kier molecular flexibility index (Phi) is 7.17. The van der Waals surface area contributed by atoms with Crippen LogP contribution in [0.2, 0.25) is 0 Å². The van der Waals surface area contributed by atoms with E-state index in [1.54, 1.807) is 6.42 Å². The quantitative estimate of drug-likeness (QED) is 0.542. The maximum atomic E-state index is 8.16. The van der Waals surface area contributed by atoms with E-state index in [1.807, 2.05) is 6.07 Å². The first kappa shape index (κ1) is 8.98. The summed E-state index contributed by atoms with van der Waals surface area (Å²) in [6.45, 7) is 0. The van der Waals surface area contributed by atoms with Gasteiger partial charge in [-0.2, -0.15) is 10.5 Å². The molecule has 0 aromatic heterocycles. The van der Waals surface area contributed by atoms with Gasteiger partial charge in [-0.05, 0) is 12.8 Å². The molecule has 0 atom stereocenters. The Balaban J connectivity index is 2.80. The van der Waals surface area contributed by atoms with Crippen LogP contribution in [0.4, 0.5) is 0 Å². The fraction of sp³-hybridized carbons (Fsp3) is 0.625. The Bertz CT molecular complexity index is 120. The summed E-state index contributed by atoms with van der Waals surface area (Å²) < 4.78 is 0. The van der Waals surface area contributed by atoms with Gasteiger partial charge in [-0.3, -0.25) is 0 Å². The molecular formula is C8H11N2. The molecule has 0 amide bonds. The summed E-state index contributed by atoms with van der Waals surface area (Å²) in [5.74, 6) is 0. The van der Waals surface area contributed by atoms with E-state index in [2.05, 4.69) is 6.07 Å². The van der Waals surface area contributed by atoms with Crippen LogP contribution in [0.5, 0.6) is 0 Å². The van der Waals surface area contributed by atoms with Crippen molar-refractivity contribution in [3.63, 3.8) is 0 Å². The molecule has 0 heterocycles. The van der Waals surface area contributed by atoms with Gasteiger partial charge in [0.1, 0.15) is 0 Å².